The maximum absolute atomic E-state index is 12.5. The quantitative estimate of drug-likeness (QED) is 0.766. The highest BCUT2D eigenvalue weighted by Gasteiger charge is 2.18. The van der Waals surface area contributed by atoms with E-state index in [9.17, 15) is 8.60 Å². The molecule has 1 N–H and O–H groups in total. The van der Waals surface area contributed by atoms with Gasteiger partial charge in [-0.1, -0.05) is 0 Å². The molecule has 1 fully saturated rings. The van der Waals surface area contributed by atoms with Gasteiger partial charge >= 0.3 is 0 Å². The zero-order chi connectivity index (χ0) is 10.7. The highest BCUT2D eigenvalue weighted by molar-refractivity contribution is 7.84. The van der Waals surface area contributed by atoms with Gasteiger partial charge in [0.2, 0.25) is 5.16 Å². The van der Waals surface area contributed by atoms with Crippen molar-refractivity contribution in [2.24, 2.45) is 0 Å². The third-order valence-electron chi connectivity index (χ3n) is 2.32. The van der Waals surface area contributed by atoms with Crippen LogP contribution in [0.1, 0.15) is 12.8 Å². The predicted molar refractivity (Wildman–Crippen MR) is 54.3 cm³/mol. The summed E-state index contributed by atoms with van der Waals surface area (Å²) in [4.78, 5) is 7.41. The maximum atomic E-state index is 12.5. The number of nitrogens with one attached hydrogen (secondary N) is 1. The van der Waals surface area contributed by atoms with Gasteiger partial charge < -0.3 is 5.32 Å². The lowest BCUT2D eigenvalue weighted by molar-refractivity contribution is 0.600. The van der Waals surface area contributed by atoms with Gasteiger partial charge in [-0.05, 0) is 19.4 Å². The van der Waals surface area contributed by atoms with Gasteiger partial charge in [0.15, 0.2) is 5.82 Å². The van der Waals surface area contributed by atoms with Gasteiger partial charge in [-0.15, -0.1) is 0 Å². The molecular formula is C9H12FN3OS. The number of halogens is 1. The lowest BCUT2D eigenvalue weighted by Gasteiger charge is -2.07. The van der Waals surface area contributed by atoms with Gasteiger partial charge in [0.1, 0.15) is 0 Å². The summed E-state index contributed by atoms with van der Waals surface area (Å²) in [5, 5.41) is 3.46. The predicted octanol–water partition coefficient (Wildman–Crippen LogP) is 0.475. The molecule has 15 heavy (non-hydrogen) atoms. The molecule has 2 atom stereocenters. The third-order valence-corrected chi connectivity index (χ3v) is 3.64. The van der Waals surface area contributed by atoms with E-state index in [1.54, 1.807) is 0 Å². The number of nitrogens with zero attached hydrogens (tertiary/aromatic N) is 2. The van der Waals surface area contributed by atoms with E-state index in [2.05, 4.69) is 15.3 Å². The zero-order valence-electron chi connectivity index (χ0n) is 8.15. The molecule has 0 unspecified atom stereocenters. The van der Waals surface area contributed by atoms with Crippen molar-refractivity contribution < 1.29 is 8.60 Å². The first-order chi connectivity index (χ1) is 7.25. The Kier molecular flexibility index (Phi) is 3.37. The molecule has 2 rings (SSSR count). The summed E-state index contributed by atoms with van der Waals surface area (Å²) in [6.07, 6.45) is 4.24. The lowest BCUT2D eigenvalue weighted by atomic mass is 10.3. The van der Waals surface area contributed by atoms with Gasteiger partial charge in [-0.3, -0.25) is 4.21 Å². The van der Waals surface area contributed by atoms with Crippen molar-refractivity contribution in [2.75, 3.05) is 12.3 Å². The van der Waals surface area contributed by atoms with Gasteiger partial charge in [-0.25, -0.2) is 14.4 Å². The molecule has 0 aromatic carbocycles. The molecule has 82 valence electrons. The molecule has 0 bridgehead atoms. The Bertz CT molecular complexity index is 351. The molecule has 1 aromatic heterocycles. The van der Waals surface area contributed by atoms with Gasteiger partial charge in [0, 0.05) is 11.8 Å². The maximum Gasteiger partial charge on any atom is 0.218 e. The molecule has 1 aliphatic rings. The molecule has 1 saturated heterocycles. The Labute approximate surface area is 89.8 Å². The summed E-state index contributed by atoms with van der Waals surface area (Å²) in [7, 11) is -1.23. The number of hydrogen-bond acceptors (Lipinski definition) is 4. The van der Waals surface area contributed by atoms with Crippen molar-refractivity contribution in [3.63, 3.8) is 0 Å². The Balaban J connectivity index is 1.98. The summed E-state index contributed by atoms with van der Waals surface area (Å²) in [5.41, 5.74) is 0. The van der Waals surface area contributed by atoms with Crippen molar-refractivity contribution in [1.82, 2.24) is 15.3 Å². The second kappa shape index (κ2) is 4.76. The minimum atomic E-state index is -1.23. The number of rotatable bonds is 3. The lowest BCUT2D eigenvalue weighted by Crippen LogP contribution is -2.28. The van der Waals surface area contributed by atoms with Crippen molar-refractivity contribution in [3.05, 3.63) is 18.2 Å². The standard InChI is InChI=1S/C9H12FN3OS/c10-7-4-12-9(13-5-7)15(14)6-8-2-1-3-11-8/h4-5,8,11H,1-3,6H2/t8-,15+/m0/s1. The molecular weight excluding hydrogens is 217 g/mol. The molecule has 1 aliphatic heterocycles. The molecule has 2 heterocycles. The van der Waals surface area contributed by atoms with Gasteiger partial charge in [-0.2, -0.15) is 0 Å². The monoisotopic (exact) mass is 229 g/mol. The fourth-order valence-corrected chi connectivity index (χ4v) is 2.71. The van der Waals surface area contributed by atoms with Crippen molar-refractivity contribution in [3.8, 4) is 0 Å². The first-order valence-electron chi connectivity index (χ1n) is 4.85. The summed E-state index contributed by atoms with van der Waals surface area (Å²) in [6.45, 7) is 0.978. The molecule has 1 aromatic rings. The average molecular weight is 229 g/mol. The van der Waals surface area contributed by atoms with Crippen LogP contribution in [0, 0.1) is 5.82 Å². The van der Waals surface area contributed by atoms with E-state index < -0.39 is 16.6 Å². The van der Waals surface area contributed by atoms with E-state index in [0.717, 1.165) is 31.8 Å². The molecule has 0 spiro atoms. The summed E-state index contributed by atoms with van der Waals surface area (Å²) < 4.78 is 24.3. The van der Waals surface area contributed by atoms with Gasteiger partial charge in [0.05, 0.1) is 23.2 Å². The molecule has 0 saturated carbocycles. The van der Waals surface area contributed by atoms with E-state index >= 15 is 0 Å². The summed E-state index contributed by atoms with van der Waals surface area (Å²) in [5.74, 6) is 0.000719. The van der Waals surface area contributed by atoms with Crippen LogP contribution >= 0.6 is 0 Å². The minimum Gasteiger partial charge on any atom is -0.313 e. The van der Waals surface area contributed by atoms with Crippen LogP contribution in [0.2, 0.25) is 0 Å². The number of hydrogen-bond donors (Lipinski definition) is 1. The topological polar surface area (TPSA) is 54.9 Å². The SMILES string of the molecule is O=[S@](C[C@@H]1CCCN1)c1ncc(F)cn1. The molecule has 0 amide bonds. The second-order valence-corrected chi connectivity index (χ2v) is 4.88. The van der Waals surface area contributed by atoms with Crippen LogP contribution in [0.4, 0.5) is 4.39 Å². The Hall–Kier alpha value is -0.880. The summed E-state index contributed by atoms with van der Waals surface area (Å²) in [6, 6.07) is 0.277. The highest BCUT2D eigenvalue weighted by atomic mass is 32.2. The number of aromatic nitrogens is 2. The van der Waals surface area contributed by atoms with Crippen LogP contribution in [0.5, 0.6) is 0 Å². The first kappa shape index (κ1) is 10.6. The van der Waals surface area contributed by atoms with Crippen LogP contribution < -0.4 is 5.32 Å². The van der Waals surface area contributed by atoms with Crippen molar-refractivity contribution in [1.29, 1.82) is 0 Å². The smallest absolute Gasteiger partial charge is 0.218 e. The van der Waals surface area contributed by atoms with Crippen LogP contribution in [0.15, 0.2) is 17.6 Å². The highest BCUT2D eigenvalue weighted by Crippen LogP contribution is 2.09. The van der Waals surface area contributed by atoms with Crippen molar-refractivity contribution in [2.45, 2.75) is 24.0 Å². The minimum absolute atomic E-state index is 0.213. The molecule has 6 heteroatoms. The summed E-state index contributed by atoms with van der Waals surface area (Å²) >= 11 is 0. The Morgan fingerprint density at radius 2 is 2.27 bits per heavy atom. The fraction of sp³-hybridized carbons (Fsp3) is 0.556. The van der Waals surface area contributed by atoms with E-state index in [1.807, 2.05) is 0 Å². The first-order valence-corrected chi connectivity index (χ1v) is 6.17. The molecule has 0 aliphatic carbocycles. The second-order valence-electron chi connectivity index (χ2n) is 3.49. The van der Waals surface area contributed by atoms with E-state index in [4.69, 9.17) is 0 Å². The van der Waals surface area contributed by atoms with Crippen LogP contribution in [-0.2, 0) is 10.8 Å². The van der Waals surface area contributed by atoms with Crippen LogP contribution in [0.3, 0.4) is 0 Å². The van der Waals surface area contributed by atoms with Gasteiger partial charge in [0.25, 0.3) is 0 Å². The van der Waals surface area contributed by atoms with Crippen LogP contribution in [0.25, 0.3) is 0 Å². The van der Waals surface area contributed by atoms with E-state index in [0.29, 0.717) is 5.75 Å². The van der Waals surface area contributed by atoms with Crippen molar-refractivity contribution >= 4 is 10.8 Å². The van der Waals surface area contributed by atoms with Crippen LogP contribution in [-0.4, -0.2) is 32.5 Å². The zero-order valence-corrected chi connectivity index (χ0v) is 8.97. The Morgan fingerprint density at radius 3 is 2.87 bits per heavy atom. The average Bonchev–Trinajstić information content (AvgIpc) is 2.71. The van der Waals surface area contributed by atoms with E-state index in [-0.39, 0.29) is 11.2 Å². The Morgan fingerprint density at radius 1 is 1.53 bits per heavy atom. The fourth-order valence-electron chi connectivity index (χ4n) is 1.57. The third kappa shape index (κ3) is 2.79. The largest absolute Gasteiger partial charge is 0.313 e. The molecule has 4 nitrogen and oxygen atoms in total. The normalized spacial score (nSPS) is 22.9. The molecule has 0 radical (unpaired) electrons. The van der Waals surface area contributed by atoms with E-state index in [1.165, 1.54) is 0 Å².